The number of hydrogen-bond donors (Lipinski definition) is 0. The molecule has 0 fully saturated rings. The number of rotatable bonds is 8. The molecule has 0 aliphatic carbocycles. The molecule has 0 spiro atoms. The van der Waals surface area contributed by atoms with Crippen molar-refractivity contribution < 1.29 is 14.3 Å². The maximum Gasteiger partial charge on any atom is 0.330 e. The van der Waals surface area contributed by atoms with Crippen LogP contribution in [0.4, 0.5) is 0 Å². The Labute approximate surface area is 127 Å². The predicted molar refractivity (Wildman–Crippen MR) is 84.8 cm³/mol. The van der Waals surface area contributed by atoms with E-state index < -0.39 is 0 Å². The van der Waals surface area contributed by atoms with Gasteiger partial charge in [0, 0.05) is 6.08 Å². The van der Waals surface area contributed by atoms with Crippen molar-refractivity contribution >= 4 is 5.97 Å². The highest BCUT2D eigenvalue weighted by Crippen LogP contribution is 2.11. The Kier molecular flexibility index (Phi) is 8.14. The van der Waals surface area contributed by atoms with Gasteiger partial charge in [0.2, 0.25) is 0 Å². The molecule has 0 heterocycles. The minimum Gasteiger partial charge on any atom is -0.466 e. The Balaban J connectivity index is 2.43. The maximum absolute atomic E-state index is 11.0. The summed E-state index contributed by atoms with van der Waals surface area (Å²) in [5, 5.41) is 0. The first-order chi connectivity index (χ1) is 10.2. The summed E-state index contributed by atoms with van der Waals surface area (Å²) in [5.41, 5.74) is 2.21. The van der Waals surface area contributed by atoms with E-state index in [1.54, 1.807) is 6.08 Å². The third-order valence-corrected chi connectivity index (χ3v) is 3.17. The van der Waals surface area contributed by atoms with Crippen LogP contribution in [0.25, 0.3) is 0 Å². The molecule has 3 heteroatoms. The lowest BCUT2D eigenvalue weighted by molar-refractivity contribution is -0.134. The van der Waals surface area contributed by atoms with Gasteiger partial charge >= 0.3 is 5.97 Å². The first kappa shape index (κ1) is 17.2. The lowest BCUT2D eigenvalue weighted by Gasteiger charge is -2.14. The second-order valence-corrected chi connectivity index (χ2v) is 4.87. The highest BCUT2D eigenvalue weighted by atomic mass is 16.5. The number of benzene rings is 1. The molecule has 0 saturated carbocycles. The summed E-state index contributed by atoms with van der Waals surface area (Å²) in [6, 6.07) is 10.2. The largest absolute Gasteiger partial charge is 0.466 e. The lowest BCUT2D eigenvalue weighted by Crippen LogP contribution is -2.10. The number of methoxy groups -OCH3 is 1. The number of hydrogen-bond acceptors (Lipinski definition) is 3. The van der Waals surface area contributed by atoms with E-state index in [9.17, 15) is 4.79 Å². The molecule has 0 unspecified atom stereocenters. The highest BCUT2D eigenvalue weighted by molar-refractivity contribution is 5.82. The number of ether oxygens (including phenoxy) is 2. The average Bonchev–Trinajstić information content (AvgIpc) is 2.53. The zero-order valence-electron chi connectivity index (χ0n) is 13.0. The van der Waals surface area contributed by atoms with Crippen LogP contribution in [-0.2, 0) is 20.9 Å². The van der Waals surface area contributed by atoms with Crippen molar-refractivity contribution in [2.75, 3.05) is 7.11 Å². The SMILES string of the molecule is CC[C@@H](C/C=C(C)/C=C/C(=O)OC)OCc1ccccc1. The van der Waals surface area contributed by atoms with Gasteiger partial charge in [-0.05, 0) is 25.3 Å². The van der Waals surface area contributed by atoms with Gasteiger partial charge in [0.05, 0.1) is 19.8 Å². The van der Waals surface area contributed by atoms with Gasteiger partial charge in [-0.3, -0.25) is 0 Å². The molecule has 0 amide bonds. The van der Waals surface area contributed by atoms with Crippen LogP contribution in [0, 0.1) is 0 Å². The summed E-state index contributed by atoms with van der Waals surface area (Å²) in [6.07, 6.45) is 7.25. The Hall–Kier alpha value is -1.87. The van der Waals surface area contributed by atoms with E-state index in [-0.39, 0.29) is 12.1 Å². The number of carbonyl (C=O) groups is 1. The van der Waals surface area contributed by atoms with E-state index in [0.29, 0.717) is 6.61 Å². The van der Waals surface area contributed by atoms with E-state index in [1.165, 1.54) is 18.7 Å². The molecular weight excluding hydrogens is 264 g/mol. The first-order valence-corrected chi connectivity index (χ1v) is 7.24. The van der Waals surface area contributed by atoms with Crippen LogP contribution in [0.5, 0.6) is 0 Å². The summed E-state index contributed by atoms with van der Waals surface area (Å²) in [6.45, 7) is 4.71. The van der Waals surface area contributed by atoms with Crippen molar-refractivity contribution in [3.8, 4) is 0 Å². The molecule has 0 aromatic heterocycles. The smallest absolute Gasteiger partial charge is 0.330 e. The molecule has 0 saturated heterocycles. The molecule has 0 aliphatic heterocycles. The van der Waals surface area contributed by atoms with E-state index in [1.807, 2.05) is 25.1 Å². The van der Waals surface area contributed by atoms with Gasteiger partial charge in [0.15, 0.2) is 0 Å². The molecule has 0 bridgehead atoms. The van der Waals surface area contributed by atoms with E-state index in [4.69, 9.17) is 4.74 Å². The normalized spacial score (nSPS) is 13.4. The fourth-order valence-corrected chi connectivity index (χ4v) is 1.79. The van der Waals surface area contributed by atoms with Crippen molar-refractivity contribution in [1.29, 1.82) is 0 Å². The zero-order valence-corrected chi connectivity index (χ0v) is 13.0. The number of carbonyl (C=O) groups excluding carboxylic acids is 1. The summed E-state index contributed by atoms with van der Waals surface area (Å²) < 4.78 is 10.5. The van der Waals surface area contributed by atoms with Crippen molar-refractivity contribution in [2.24, 2.45) is 0 Å². The van der Waals surface area contributed by atoms with Crippen molar-refractivity contribution in [3.63, 3.8) is 0 Å². The molecular formula is C18H24O3. The second kappa shape index (κ2) is 9.94. The van der Waals surface area contributed by atoms with Crippen LogP contribution in [0.1, 0.15) is 32.3 Å². The summed E-state index contributed by atoms with van der Waals surface area (Å²) in [7, 11) is 1.37. The van der Waals surface area contributed by atoms with Gasteiger partial charge in [-0.1, -0.05) is 55.0 Å². The first-order valence-electron chi connectivity index (χ1n) is 7.24. The number of esters is 1. The Morgan fingerprint density at radius 3 is 2.57 bits per heavy atom. The van der Waals surface area contributed by atoms with Crippen LogP contribution in [0.15, 0.2) is 54.1 Å². The Morgan fingerprint density at radius 1 is 1.24 bits per heavy atom. The maximum atomic E-state index is 11.0. The van der Waals surface area contributed by atoms with E-state index in [2.05, 4.69) is 29.9 Å². The Morgan fingerprint density at radius 2 is 1.95 bits per heavy atom. The molecule has 1 rings (SSSR count). The summed E-state index contributed by atoms with van der Waals surface area (Å²) >= 11 is 0. The monoisotopic (exact) mass is 288 g/mol. The quantitative estimate of drug-likeness (QED) is 0.411. The lowest BCUT2D eigenvalue weighted by atomic mass is 10.1. The van der Waals surface area contributed by atoms with Crippen molar-refractivity contribution in [1.82, 2.24) is 0 Å². The highest BCUT2D eigenvalue weighted by Gasteiger charge is 2.05. The average molecular weight is 288 g/mol. The van der Waals surface area contributed by atoms with Gasteiger partial charge in [-0.25, -0.2) is 4.79 Å². The van der Waals surface area contributed by atoms with Gasteiger partial charge < -0.3 is 9.47 Å². The third-order valence-electron chi connectivity index (χ3n) is 3.17. The minimum atomic E-state index is -0.338. The summed E-state index contributed by atoms with van der Waals surface area (Å²) in [4.78, 5) is 11.0. The molecule has 0 radical (unpaired) electrons. The Bertz CT molecular complexity index is 474. The fraction of sp³-hybridized carbons (Fsp3) is 0.389. The van der Waals surface area contributed by atoms with Crippen LogP contribution >= 0.6 is 0 Å². The molecule has 3 nitrogen and oxygen atoms in total. The summed E-state index contributed by atoms with van der Waals surface area (Å²) in [5.74, 6) is -0.338. The molecule has 21 heavy (non-hydrogen) atoms. The van der Waals surface area contributed by atoms with Crippen molar-refractivity contribution in [3.05, 3.63) is 59.7 Å². The molecule has 114 valence electrons. The van der Waals surface area contributed by atoms with E-state index in [0.717, 1.165) is 18.4 Å². The van der Waals surface area contributed by atoms with Crippen LogP contribution < -0.4 is 0 Å². The predicted octanol–water partition coefficient (Wildman–Crippen LogP) is 4.05. The van der Waals surface area contributed by atoms with Gasteiger partial charge in [0.1, 0.15) is 0 Å². The molecule has 1 aromatic carbocycles. The van der Waals surface area contributed by atoms with Crippen LogP contribution in [0.2, 0.25) is 0 Å². The van der Waals surface area contributed by atoms with Crippen LogP contribution in [-0.4, -0.2) is 19.2 Å². The van der Waals surface area contributed by atoms with Gasteiger partial charge in [-0.15, -0.1) is 0 Å². The topological polar surface area (TPSA) is 35.5 Å². The second-order valence-electron chi connectivity index (χ2n) is 4.87. The minimum absolute atomic E-state index is 0.187. The molecule has 0 N–H and O–H groups in total. The zero-order chi connectivity index (χ0) is 15.5. The molecule has 1 atom stereocenters. The third kappa shape index (κ3) is 7.47. The molecule has 0 aliphatic rings. The fourth-order valence-electron chi connectivity index (χ4n) is 1.79. The standard InChI is InChI=1S/C18H24O3/c1-4-17(21-14-16-8-6-5-7-9-16)12-10-15(2)11-13-18(19)20-3/h5-11,13,17H,4,12,14H2,1-3H3/b13-11+,15-10+/t17-/m0/s1. The van der Waals surface area contributed by atoms with Crippen LogP contribution in [0.3, 0.4) is 0 Å². The van der Waals surface area contributed by atoms with Gasteiger partial charge in [0.25, 0.3) is 0 Å². The van der Waals surface area contributed by atoms with Crippen molar-refractivity contribution in [2.45, 2.75) is 39.4 Å². The van der Waals surface area contributed by atoms with E-state index >= 15 is 0 Å². The molecule has 1 aromatic rings. The van der Waals surface area contributed by atoms with Gasteiger partial charge in [-0.2, -0.15) is 0 Å². The number of allylic oxidation sites excluding steroid dienone is 2.